The molecule has 0 aliphatic carbocycles. The third-order valence-corrected chi connectivity index (χ3v) is 2.73. The average molecular weight is 250 g/mol. The number of hydrogen-bond acceptors (Lipinski definition) is 4. The van der Waals surface area contributed by atoms with Crippen LogP contribution in [0.25, 0.3) is 16.8 Å². The minimum atomic E-state index is -0.103. The van der Waals surface area contributed by atoms with Gasteiger partial charge in [-0.1, -0.05) is 0 Å². The van der Waals surface area contributed by atoms with E-state index in [1.807, 2.05) is 6.07 Å². The zero-order valence-corrected chi connectivity index (χ0v) is 9.97. The Morgan fingerprint density at radius 1 is 0.895 bits per heavy atom. The van der Waals surface area contributed by atoms with Crippen LogP contribution in [0.15, 0.2) is 66.4 Å². The summed E-state index contributed by atoms with van der Waals surface area (Å²) >= 11 is 0. The second-order valence-corrected chi connectivity index (χ2v) is 3.96. The quantitative estimate of drug-likeness (QED) is 0.694. The highest BCUT2D eigenvalue weighted by Crippen LogP contribution is 2.16. The lowest BCUT2D eigenvalue weighted by Crippen LogP contribution is -2.16. The predicted molar refractivity (Wildman–Crippen MR) is 70.9 cm³/mol. The van der Waals surface area contributed by atoms with Gasteiger partial charge in [-0.05, 0) is 18.2 Å². The van der Waals surface area contributed by atoms with Gasteiger partial charge in [0.05, 0.1) is 11.9 Å². The summed E-state index contributed by atoms with van der Waals surface area (Å²) < 4.78 is 1.55. The second kappa shape index (κ2) is 4.81. The fourth-order valence-electron chi connectivity index (χ4n) is 1.80. The van der Waals surface area contributed by atoms with Gasteiger partial charge in [-0.25, -0.2) is 9.97 Å². The fourth-order valence-corrected chi connectivity index (χ4v) is 1.80. The maximum atomic E-state index is 11.9. The van der Waals surface area contributed by atoms with E-state index in [-0.39, 0.29) is 5.56 Å². The molecule has 5 nitrogen and oxygen atoms in total. The van der Waals surface area contributed by atoms with E-state index in [0.29, 0.717) is 0 Å². The lowest BCUT2D eigenvalue weighted by Gasteiger charge is -2.07. The summed E-state index contributed by atoms with van der Waals surface area (Å²) in [5.74, 6) is 0. The number of aromatic nitrogens is 4. The highest BCUT2D eigenvalue weighted by molar-refractivity contribution is 5.60. The van der Waals surface area contributed by atoms with E-state index in [1.54, 1.807) is 47.7 Å². The fraction of sp³-hybridized carbons (Fsp3) is 0. The van der Waals surface area contributed by atoms with Gasteiger partial charge < -0.3 is 0 Å². The predicted octanol–water partition coefficient (Wildman–Crippen LogP) is 1.69. The first-order chi connectivity index (χ1) is 9.34. The van der Waals surface area contributed by atoms with Crippen LogP contribution >= 0.6 is 0 Å². The van der Waals surface area contributed by atoms with Crippen LogP contribution < -0.4 is 5.56 Å². The largest absolute Gasteiger partial charge is 0.282 e. The summed E-state index contributed by atoms with van der Waals surface area (Å²) in [5.41, 5.74) is 2.36. The highest BCUT2D eigenvalue weighted by Gasteiger charge is 2.03. The van der Waals surface area contributed by atoms with Crippen LogP contribution in [-0.4, -0.2) is 19.5 Å². The molecule has 0 saturated carbocycles. The van der Waals surface area contributed by atoms with Gasteiger partial charge >= 0.3 is 0 Å². The number of rotatable bonds is 2. The second-order valence-electron chi connectivity index (χ2n) is 3.96. The van der Waals surface area contributed by atoms with E-state index in [0.717, 1.165) is 16.8 Å². The van der Waals surface area contributed by atoms with Crippen molar-refractivity contribution in [2.24, 2.45) is 0 Å². The summed E-state index contributed by atoms with van der Waals surface area (Å²) in [6.45, 7) is 0. The molecule has 0 atom stereocenters. The van der Waals surface area contributed by atoms with E-state index in [2.05, 4.69) is 15.0 Å². The molecule has 19 heavy (non-hydrogen) atoms. The van der Waals surface area contributed by atoms with E-state index < -0.39 is 0 Å². The normalized spacial score (nSPS) is 10.3. The van der Waals surface area contributed by atoms with Crippen LogP contribution in [0.2, 0.25) is 0 Å². The summed E-state index contributed by atoms with van der Waals surface area (Å²) in [6.07, 6.45) is 9.97. The number of nitrogens with zero attached hydrogens (tertiary/aromatic N) is 4. The summed E-state index contributed by atoms with van der Waals surface area (Å²) in [7, 11) is 0. The van der Waals surface area contributed by atoms with Crippen molar-refractivity contribution in [3.8, 4) is 16.8 Å². The van der Waals surface area contributed by atoms with Crippen LogP contribution in [0, 0.1) is 0 Å². The number of pyridine rings is 2. The van der Waals surface area contributed by atoms with Gasteiger partial charge in [-0.15, -0.1) is 0 Å². The van der Waals surface area contributed by atoms with Crippen LogP contribution in [0.4, 0.5) is 0 Å². The molecule has 3 rings (SSSR count). The minimum Gasteiger partial charge on any atom is -0.282 e. The lowest BCUT2D eigenvalue weighted by atomic mass is 10.1. The molecule has 0 bridgehead atoms. The van der Waals surface area contributed by atoms with Crippen LogP contribution in [0.1, 0.15) is 0 Å². The SMILES string of the molecule is O=c1ccc(-c2cncnc2)cn1-c1cccnc1. The average Bonchev–Trinajstić information content (AvgIpc) is 2.49. The standard InChI is InChI=1S/C14H10N4O/c19-14-4-3-11(12-6-16-10-17-7-12)9-18(14)13-2-1-5-15-8-13/h1-10H. The lowest BCUT2D eigenvalue weighted by molar-refractivity contribution is 0.979. The highest BCUT2D eigenvalue weighted by atomic mass is 16.1. The third kappa shape index (κ3) is 2.26. The van der Waals surface area contributed by atoms with E-state index in [9.17, 15) is 4.79 Å². The third-order valence-electron chi connectivity index (χ3n) is 2.73. The van der Waals surface area contributed by atoms with Crippen molar-refractivity contribution < 1.29 is 0 Å². The minimum absolute atomic E-state index is 0.103. The van der Waals surface area contributed by atoms with Gasteiger partial charge in [0.2, 0.25) is 0 Å². The molecule has 0 fully saturated rings. The first-order valence-electron chi connectivity index (χ1n) is 5.73. The van der Waals surface area contributed by atoms with E-state index >= 15 is 0 Å². The van der Waals surface area contributed by atoms with Crippen LogP contribution in [-0.2, 0) is 0 Å². The molecule has 3 aromatic rings. The molecule has 5 heteroatoms. The van der Waals surface area contributed by atoms with Gasteiger partial charge in [0.1, 0.15) is 6.33 Å². The van der Waals surface area contributed by atoms with E-state index in [4.69, 9.17) is 0 Å². The van der Waals surface area contributed by atoms with Gasteiger partial charge in [-0.2, -0.15) is 0 Å². The van der Waals surface area contributed by atoms with Crippen molar-refractivity contribution in [2.75, 3.05) is 0 Å². The van der Waals surface area contributed by atoms with Crippen molar-refractivity contribution in [1.29, 1.82) is 0 Å². The molecule has 0 aliphatic heterocycles. The zero-order valence-electron chi connectivity index (χ0n) is 9.97. The molecular weight excluding hydrogens is 240 g/mol. The first kappa shape index (κ1) is 11.3. The van der Waals surface area contributed by atoms with Crippen LogP contribution in [0.3, 0.4) is 0 Å². The maximum absolute atomic E-state index is 11.9. The molecule has 3 aromatic heterocycles. The molecule has 3 heterocycles. The van der Waals surface area contributed by atoms with Crippen molar-refractivity contribution in [2.45, 2.75) is 0 Å². The monoisotopic (exact) mass is 250 g/mol. The molecule has 0 spiro atoms. The molecule has 0 aliphatic rings. The Kier molecular flexibility index (Phi) is 2.86. The van der Waals surface area contributed by atoms with Gasteiger partial charge in [0.25, 0.3) is 5.56 Å². The Balaban J connectivity index is 2.15. The topological polar surface area (TPSA) is 60.7 Å². The Bertz CT molecular complexity index is 738. The van der Waals surface area contributed by atoms with Crippen molar-refractivity contribution in [3.63, 3.8) is 0 Å². The van der Waals surface area contributed by atoms with Crippen LogP contribution in [0.5, 0.6) is 0 Å². The molecule has 0 saturated heterocycles. The zero-order chi connectivity index (χ0) is 13.1. The molecule has 0 radical (unpaired) electrons. The van der Waals surface area contributed by atoms with Crippen molar-refractivity contribution >= 4 is 0 Å². The molecule has 0 aromatic carbocycles. The number of hydrogen-bond donors (Lipinski definition) is 0. The summed E-state index contributed by atoms with van der Waals surface area (Å²) in [6, 6.07) is 6.91. The Morgan fingerprint density at radius 3 is 2.47 bits per heavy atom. The molecule has 0 N–H and O–H groups in total. The Hall–Kier alpha value is -2.82. The summed E-state index contributed by atoms with van der Waals surface area (Å²) in [4.78, 5) is 23.9. The van der Waals surface area contributed by atoms with E-state index in [1.165, 1.54) is 12.4 Å². The summed E-state index contributed by atoms with van der Waals surface area (Å²) in [5, 5.41) is 0. The molecular formula is C14H10N4O. The molecule has 0 unspecified atom stereocenters. The molecule has 92 valence electrons. The maximum Gasteiger partial charge on any atom is 0.255 e. The smallest absolute Gasteiger partial charge is 0.255 e. The van der Waals surface area contributed by atoms with Gasteiger partial charge in [0, 0.05) is 42.0 Å². The van der Waals surface area contributed by atoms with Gasteiger partial charge in [-0.3, -0.25) is 14.3 Å². The first-order valence-corrected chi connectivity index (χ1v) is 5.73. The van der Waals surface area contributed by atoms with Crippen molar-refractivity contribution in [3.05, 3.63) is 71.9 Å². The Labute approximate surface area is 109 Å². The Morgan fingerprint density at radius 2 is 1.74 bits per heavy atom. The molecule has 0 amide bonds. The van der Waals surface area contributed by atoms with Gasteiger partial charge in [0.15, 0.2) is 0 Å². The van der Waals surface area contributed by atoms with Crippen molar-refractivity contribution in [1.82, 2.24) is 19.5 Å².